The van der Waals surface area contributed by atoms with Gasteiger partial charge < -0.3 is 29.2 Å². The van der Waals surface area contributed by atoms with Gasteiger partial charge in [0, 0.05) is 22.9 Å². The molecule has 0 amide bonds. The van der Waals surface area contributed by atoms with Gasteiger partial charge in [0.25, 0.3) is 5.56 Å². The van der Waals surface area contributed by atoms with E-state index in [0.29, 0.717) is 39.8 Å². The maximum Gasteiger partial charge on any atom is 0.259 e. The summed E-state index contributed by atoms with van der Waals surface area (Å²) < 4.78 is 23.8. The number of nitriles is 1. The Bertz CT molecular complexity index is 1380. The molecule has 2 N–H and O–H groups in total. The predicted octanol–water partition coefficient (Wildman–Crippen LogP) is 3.45. The molecule has 0 radical (unpaired) electrons. The summed E-state index contributed by atoms with van der Waals surface area (Å²) in [6, 6.07) is 16.6. The Morgan fingerprint density at radius 1 is 1.06 bits per heavy atom. The summed E-state index contributed by atoms with van der Waals surface area (Å²) in [6.07, 6.45) is 0. The van der Waals surface area contributed by atoms with Gasteiger partial charge in [-0.3, -0.25) is 4.79 Å². The number of nitrogens with two attached hydrogens (primary N) is 1. The molecule has 0 aliphatic carbocycles. The van der Waals surface area contributed by atoms with Crippen LogP contribution in [0.2, 0.25) is 0 Å². The molecule has 0 saturated heterocycles. The third kappa shape index (κ3) is 3.82. The van der Waals surface area contributed by atoms with Crippen LogP contribution in [0.15, 0.2) is 64.8 Å². The lowest BCUT2D eigenvalue weighted by Crippen LogP contribution is -2.33. The number of fused-ring (bicyclic) bond motifs is 1. The first-order valence-electron chi connectivity index (χ1n) is 10.6. The second-order valence-electron chi connectivity index (χ2n) is 7.80. The van der Waals surface area contributed by atoms with Crippen LogP contribution in [0, 0.1) is 18.3 Å². The van der Waals surface area contributed by atoms with Gasteiger partial charge in [-0.1, -0.05) is 18.2 Å². The van der Waals surface area contributed by atoms with Crippen molar-refractivity contribution in [3.8, 4) is 29.1 Å². The first-order valence-corrected chi connectivity index (χ1v) is 10.6. The fourth-order valence-electron chi connectivity index (χ4n) is 4.26. The molecule has 2 aromatic carbocycles. The van der Waals surface area contributed by atoms with Crippen molar-refractivity contribution in [2.75, 3.05) is 21.3 Å². The number of hydrogen-bond donors (Lipinski definition) is 1. The van der Waals surface area contributed by atoms with E-state index < -0.39 is 5.92 Å². The van der Waals surface area contributed by atoms with Gasteiger partial charge in [-0.05, 0) is 31.2 Å². The summed E-state index contributed by atoms with van der Waals surface area (Å²) in [7, 11) is 4.66. The highest BCUT2D eigenvalue weighted by Crippen LogP contribution is 2.44. The molecule has 4 rings (SSSR count). The van der Waals surface area contributed by atoms with E-state index in [1.807, 2.05) is 31.2 Å². The van der Waals surface area contributed by atoms with Crippen LogP contribution < -0.4 is 30.2 Å². The van der Waals surface area contributed by atoms with E-state index in [-0.39, 0.29) is 23.6 Å². The van der Waals surface area contributed by atoms with Gasteiger partial charge in [0.2, 0.25) is 5.88 Å². The van der Waals surface area contributed by atoms with Crippen LogP contribution >= 0.6 is 0 Å². The first kappa shape index (κ1) is 22.8. The fraction of sp³-hybridized carbons (Fsp3) is 0.231. The van der Waals surface area contributed by atoms with E-state index >= 15 is 0 Å². The Morgan fingerprint density at radius 3 is 2.47 bits per heavy atom. The van der Waals surface area contributed by atoms with E-state index in [2.05, 4.69) is 6.07 Å². The summed E-state index contributed by atoms with van der Waals surface area (Å²) >= 11 is 0. The van der Waals surface area contributed by atoms with Crippen LogP contribution in [0.1, 0.15) is 28.3 Å². The van der Waals surface area contributed by atoms with Crippen molar-refractivity contribution in [2.45, 2.75) is 19.4 Å². The Kier molecular flexibility index (Phi) is 6.19. The maximum atomic E-state index is 13.9. The second-order valence-corrected chi connectivity index (χ2v) is 7.80. The Balaban J connectivity index is 1.97. The zero-order valence-electron chi connectivity index (χ0n) is 19.4. The summed E-state index contributed by atoms with van der Waals surface area (Å²) in [5.74, 6) is 1.19. The SMILES string of the molecule is COc1ccc(OC)c([C@H]2C(C#N)=C(N)Oc3cc(C)n(Cc4ccccc4OC)c(=O)c32)c1. The van der Waals surface area contributed by atoms with Crippen molar-refractivity contribution >= 4 is 0 Å². The van der Waals surface area contributed by atoms with E-state index in [1.165, 1.54) is 7.11 Å². The minimum Gasteiger partial charge on any atom is -0.497 e. The lowest BCUT2D eigenvalue weighted by Gasteiger charge is -2.28. The van der Waals surface area contributed by atoms with E-state index in [1.54, 1.807) is 43.1 Å². The van der Waals surface area contributed by atoms with Gasteiger partial charge in [0.15, 0.2) is 0 Å². The summed E-state index contributed by atoms with van der Waals surface area (Å²) in [5.41, 5.74) is 8.37. The van der Waals surface area contributed by atoms with Gasteiger partial charge in [0.1, 0.15) is 34.6 Å². The van der Waals surface area contributed by atoms with Crippen LogP contribution in [0.5, 0.6) is 23.0 Å². The molecular weight excluding hydrogens is 434 g/mol. The Labute approximate surface area is 197 Å². The smallest absolute Gasteiger partial charge is 0.259 e. The van der Waals surface area contributed by atoms with Crippen molar-refractivity contribution in [1.29, 1.82) is 5.26 Å². The molecule has 8 nitrogen and oxygen atoms in total. The molecule has 174 valence electrons. The topological polar surface area (TPSA) is 109 Å². The minimum atomic E-state index is -0.796. The number of pyridine rings is 1. The zero-order chi connectivity index (χ0) is 24.4. The average Bonchev–Trinajstić information content (AvgIpc) is 2.85. The highest BCUT2D eigenvalue weighted by molar-refractivity contribution is 5.59. The van der Waals surface area contributed by atoms with Crippen molar-refractivity contribution < 1.29 is 18.9 Å². The van der Waals surface area contributed by atoms with Gasteiger partial charge in [-0.2, -0.15) is 5.26 Å². The number of methoxy groups -OCH3 is 3. The number of rotatable bonds is 6. The predicted molar refractivity (Wildman–Crippen MR) is 126 cm³/mol. The highest BCUT2D eigenvalue weighted by Gasteiger charge is 2.36. The van der Waals surface area contributed by atoms with Crippen LogP contribution in [0.4, 0.5) is 0 Å². The van der Waals surface area contributed by atoms with Gasteiger partial charge in [0.05, 0.1) is 39.4 Å². The first-order chi connectivity index (χ1) is 16.4. The van der Waals surface area contributed by atoms with Gasteiger partial charge in [-0.15, -0.1) is 0 Å². The molecule has 3 aromatic rings. The number of allylic oxidation sites excluding steroid dienone is 1. The number of aryl methyl sites for hydroxylation is 1. The van der Waals surface area contributed by atoms with E-state index in [4.69, 9.17) is 24.7 Å². The van der Waals surface area contributed by atoms with Crippen LogP contribution in [-0.2, 0) is 6.54 Å². The molecule has 2 heterocycles. The Hall–Kier alpha value is -4.38. The summed E-state index contributed by atoms with van der Waals surface area (Å²) in [5, 5.41) is 9.96. The zero-order valence-corrected chi connectivity index (χ0v) is 19.4. The van der Waals surface area contributed by atoms with Crippen LogP contribution in [0.25, 0.3) is 0 Å². The largest absolute Gasteiger partial charge is 0.497 e. The molecule has 1 aromatic heterocycles. The highest BCUT2D eigenvalue weighted by atomic mass is 16.5. The molecule has 0 spiro atoms. The monoisotopic (exact) mass is 459 g/mol. The van der Waals surface area contributed by atoms with Crippen molar-refractivity contribution in [2.24, 2.45) is 5.73 Å². The fourth-order valence-corrected chi connectivity index (χ4v) is 4.26. The minimum absolute atomic E-state index is 0.0499. The molecule has 34 heavy (non-hydrogen) atoms. The van der Waals surface area contributed by atoms with Gasteiger partial charge in [-0.25, -0.2) is 0 Å². The number of para-hydroxylation sites is 1. The maximum absolute atomic E-state index is 13.9. The van der Waals surface area contributed by atoms with E-state index in [9.17, 15) is 10.1 Å². The number of hydrogen-bond acceptors (Lipinski definition) is 7. The van der Waals surface area contributed by atoms with Crippen molar-refractivity contribution in [1.82, 2.24) is 4.57 Å². The molecule has 1 aliphatic heterocycles. The molecule has 1 aliphatic rings. The van der Waals surface area contributed by atoms with Gasteiger partial charge >= 0.3 is 0 Å². The Morgan fingerprint density at radius 2 is 1.79 bits per heavy atom. The molecule has 0 fully saturated rings. The third-order valence-electron chi connectivity index (χ3n) is 5.96. The quantitative estimate of drug-likeness (QED) is 0.601. The number of nitrogens with zero attached hydrogens (tertiary/aromatic N) is 2. The number of ether oxygens (including phenoxy) is 4. The van der Waals surface area contributed by atoms with Crippen LogP contribution in [0.3, 0.4) is 0 Å². The van der Waals surface area contributed by atoms with Crippen LogP contribution in [-0.4, -0.2) is 25.9 Å². The number of benzene rings is 2. The second kappa shape index (κ2) is 9.24. The van der Waals surface area contributed by atoms with Crippen molar-refractivity contribution in [3.63, 3.8) is 0 Å². The molecule has 0 saturated carbocycles. The standard InChI is InChI=1S/C26H25N3O5/c1-15-11-22-24(26(30)29(15)14-16-7-5-6-8-20(16)32-3)23(19(13-27)25(28)34-22)18-12-17(31-2)9-10-21(18)33-4/h5-12,23H,14,28H2,1-4H3/t23-/m0/s1. The third-order valence-corrected chi connectivity index (χ3v) is 5.96. The number of aromatic nitrogens is 1. The molecule has 0 unspecified atom stereocenters. The lowest BCUT2D eigenvalue weighted by atomic mass is 9.83. The molecular formula is C26H25N3O5. The molecule has 1 atom stereocenters. The average molecular weight is 460 g/mol. The molecule has 0 bridgehead atoms. The lowest BCUT2D eigenvalue weighted by molar-refractivity contribution is 0.379. The summed E-state index contributed by atoms with van der Waals surface area (Å²) in [6.45, 7) is 2.10. The normalized spacial score (nSPS) is 14.6. The van der Waals surface area contributed by atoms with E-state index in [0.717, 1.165) is 5.56 Å². The summed E-state index contributed by atoms with van der Waals surface area (Å²) in [4.78, 5) is 13.9. The van der Waals surface area contributed by atoms with Crippen molar-refractivity contribution in [3.05, 3.63) is 92.7 Å². The molecule has 8 heteroatoms.